The molecule has 5 nitrogen and oxygen atoms in total. The van der Waals surface area contributed by atoms with Crippen molar-refractivity contribution in [3.8, 4) is 10.8 Å². The summed E-state index contributed by atoms with van der Waals surface area (Å²) in [5, 5.41) is 2.03. The van der Waals surface area contributed by atoms with Crippen molar-refractivity contribution in [3.63, 3.8) is 0 Å². The van der Waals surface area contributed by atoms with Crippen molar-refractivity contribution in [1.29, 1.82) is 0 Å². The molecule has 2 aromatic heterocycles. The van der Waals surface area contributed by atoms with Crippen LogP contribution >= 0.6 is 11.3 Å². The maximum absolute atomic E-state index is 12.6. The Kier molecular flexibility index (Phi) is 5.17. The molecule has 0 radical (unpaired) electrons. The molecule has 134 valence electrons. The first kappa shape index (κ1) is 16.8. The lowest BCUT2D eigenvalue weighted by molar-refractivity contribution is -0.138. The van der Waals surface area contributed by atoms with Gasteiger partial charge in [-0.05, 0) is 56.6 Å². The summed E-state index contributed by atoms with van der Waals surface area (Å²) in [4.78, 5) is 22.8. The highest BCUT2D eigenvalue weighted by atomic mass is 32.1. The van der Waals surface area contributed by atoms with Crippen LogP contribution < -0.4 is 0 Å². The van der Waals surface area contributed by atoms with Gasteiger partial charge in [-0.3, -0.25) is 9.69 Å². The molecule has 0 N–H and O–H groups in total. The van der Waals surface area contributed by atoms with Gasteiger partial charge < -0.3 is 9.32 Å². The van der Waals surface area contributed by atoms with Gasteiger partial charge in [-0.1, -0.05) is 6.07 Å². The molecular weight excluding hydrogens is 334 g/mol. The number of oxazole rings is 1. The SMILES string of the molecule is O=C(C1CCN(Cc2coc(-c3cccs3)n2)CC1)N1CCCCC1. The van der Waals surface area contributed by atoms with Crippen molar-refractivity contribution in [2.45, 2.75) is 38.6 Å². The third-order valence-corrected chi connectivity index (χ3v) is 6.13. The molecule has 6 heteroatoms. The average molecular weight is 359 g/mol. The van der Waals surface area contributed by atoms with E-state index in [1.165, 1.54) is 19.3 Å². The Morgan fingerprint density at radius 1 is 1.20 bits per heavy atom. The van der Waals surface area contributed by atoms with Crippen molar-refractivity contribution in [3.05, 3.63) is 29.5 Å². The van der Waals surface area contributed by atoms with E-state index in [-0.39, 0.29) is 5.92 Å². The van der Waals surface area contributed by atoms with Crippen LogP contribution in [0.25, 0.3) is 10.8 Å². The number of likely N-dealkylation sites (tertiary alicyclic amines) is 2. The number of aromatic nitrogens is 1. The molecule has 0 aliphatic carbocycles. The Morgan fingerprint density at radius 3 is 2.72 bits per heavy atom. The summed E-state index contributed by atoms with van der Waals surface area (Å²) in [6.45, 7) is 4.66. The van der Waals surface area contributed by atoms with Crippen LogP contribution in [0, 0.1) is 5.92 Å². The summed E-state index contributed by atoms with van der Waals surface area (Å²) in [6.07, 6.45) is 7.30. The zero-order chi connectivity index (χ0) is 17.1. The van der Waals surface area contributed by atoms with Gasteiger partial charge in [0.1, 0.15) is 6.26 Å². The predicted molar refractivity (Wildman–Crippen MR) is 98.2 cm³/mol. The molecule has 2 aliphatic heterocycles. The molecule has 4 heterocycles. The Balaban J connectivity index is 1.28. The number of rotatable bonds is 4. The van der Waals surface area contributed by atoms with Crippen LogP contribution in [0.5, 0.6) is 0 Å². The second kappa shape index (κ2) is 7.70. The number of carbonyl (C=O) groups is 1. The molecule has 25 heavy (non-hydrogen) atoms. The Morgan fingerprint density at radius 2 is 2.00 bits per heavy atom. The number of piperidine rings is 2. The molecule has 0 spiro atoms. The van der Waals surface area contributed by atoms with Crippen LogP contribution in [0.1, 0.15) is 37.8 Å². The van der Waals surface area contributed by atoms with E-state index in [0.717, 1.165) is 56.1 Å². The van der Waals surface area contributed by atoms with Crippen LogP contribution in [-0.4, -0.2) is 46.9 Å². The minimum absolute atomic E-state index is 0.216. The van der Waals surface area contributed by atoms with Gasteiger partial charge in [0.05, 0.1) is 10.6 Å². The van der Waals surface area contributed by atoms with E-state index in [1.807, 2.05) is 17.5 Å². The topological polar surface area (TPSA) is 49.6 Å². The van der Waals surface area contributed by atoms with Gasteiger partial charge in [0.25, 0.3) is 0 Å². The van der Waals surface area contributed by atoms with Gasteiger partial charge in [0.2, 0.25) is 11.8 Å². The Bertz CT molecular complexity index is 683. The third kappa shape index (κ3) is 3.96. The Labute approximate surface area is 152 Å². The van der Waals surface area contributed by atoms with Gasteiger partial charge >= 0.3 is 0 Å². The summed E-state index contributed by atoms with van der Waals surface area (Å²) < 4.78 is 5.60. The zero-order valence-electron chi connectivity index (χ0n) is 14.5. The lowest BCUT2D eigenvalue weighted by atomic mass is 9.94. The lowest BCUT2D eigenvalue weighted by Gasteiger charge is -2.35. The molecule has 4 rings (SSSR count). The van der Waals surface area contributed by atoms with E-state index in [9.17, 15) is 4.79 Å². The number of hydrogen-bond acceptors (Lipinski definition) is 5. The summed E-state index contributed by atoms with van der Waals surface area (Å²) in [6, 6.07) is 4.03. The average Bonchev–Trinajstić information content (AvgIpc) is 3.34. The minimum atomic E-state index is 0.216. The highest BCUT2D eigenvalue weighted by Gasteiger charge is 2.29. The predicted octanol–water partition coefficient (Wildman–Crippen LogP) is 3.63. The molecule has 0 saturated carbocycles. The largest absolute Gasteiger partial charge is 0.444 e. The van der Waals surface area contributed by atoms with Crippen molar-refractivity contribution < 1.29 is 9.21 Å². The molecule has 0 atom stereocenters. The molecule has 0 bridgehead atoms. The zero-order valence-corrected chi connectivity index (χ0v) is 15.3. The fourth-order valence-electron chi connectivity index (χ4n) is 3.83. The second-order valence-corrected chi connectivity index (χ2v) is 8.01. The summed E-state index contributed by atoms with van der Waals surface area (Å²) >= 11 is 1.64. The van der Waals surface area contributed by atoms with E-state index in [4.69, 9.17) is 4.42 Å². The lowest BCUT2D eigenvalue weighted by Crippen LogP contribution is -2.44. The fraction of sp³-hybridized carbons (Fsp3) is 0.579. The molecule has 0 unspecified atom stereocenters. The second-order valence-electron chi connectivity index (χ2n) is 7.06. The van der Waals surface area contributed by atoms with Crippen LogP contribution in [0.4, 0.5) is 0 Å². The quantitative estimate of drug-likeness (QED) is 0.836. The normalized spacial score (nSPS) is 20.1. The summed E-state index contributed by atoms with van der Waals surface area (Å²) in [5.41, 5.74) is 0.976. The van der Waals surface area contributed by atoms with Gasteiger partial charge in [-0.2, -0.15) is 0 Å². The van der Waals surface area contributed by atoms with Crippen molar-refractivity contribution in [1.82, 2.24) is 14.8 Å². The van der Waals surface area contributed by atoms with Gasteiger partial charge in [0, 0.05) is 25.6 Å². The highest BCUT2D eigenvalue weighted by Crippen LogP contribution is 2.26. The first-order chi connectivity index (χ1) is 12.3. The van der Waals surface area contributed by atoms with Gasteiger partial charge in [-0.15, -0.1) is 11.3 Å². The molecule has 1 amide bonds. The number of hydrogen-bond donors (Lipinski definition) is 0. The minimum Gasteiger partial charge on any atom is -0.444 e. The highest BCUT2D eigenvalue weighted by molar-refractivity contribution is 7.13. The van der Waals surface area contributed by atoms with Gasteiger partial charge in [-0.25, -0.2) is 4.98 Å². The maximum Gasteiger partial charge on any atom is 0.236 e. The molecule has 2 aliphatic rings. The van der Waals surface area contributed by atoms with Crippen LogP contribution in [-0.2, 0) is 11.3 Å². The standard InChI is InChI=1S/C19H25N3O2S/c23-19(22-8-2-1-3-9-22)15-6-10-21(11-7-15)13-16-14-24-18(20-16)17-5-4-12-25-17/h4-5,12,14-15H,1-3,6-11,13H2. The maximum atomic E-state index is 12.6. The van der Waals surface area contributed by atoms with E-state index < -0.39 is 0 Å². The van der Waals surface area contributed by atoms with Gasteiger partial charge in [0.15, 0.2) is 0 Å². The fourth-order valence-corrected chi connectivity index (χ4v) is 4.49. The Hall–Kier alpha value is -1.66. The van der Waals surface area contributed by atoms with E-state index in [2.05, 4.69) is 14.8 Å². The van der Waals surface area contributed by atoms with Crippen molar-refractivity contribution in [2.24, 2.45) is 5.92 Å². The first-order valence-electron chi connectivity index (χ1n) is 9.29. The molecule has 2 aromatic rings. The molecule has 0 aromatic carbocycles. The van der Waals surface area contributed by atoms with E-state index >= 15 is 0 Å². The smallest absolute Gasteiger partial charge is 0.236 e. The first-order valence-corrected chi connectivity index (χ1v) is 10.2. The monoisotopic (exact) mass is 359 g/mol. The van der Waals surface area contributed by atoms with Crippen LogP contribution in [0.15, 0.2) is 28.2 Å². The number of nitrogens with zero attached hydrogens (tertiary/aromatic N) is 3. The molecular formula is C19H25N3O2S. The summed E-state index contributed by atoms with van der Waals surface area (Å²) in [7, 11) is 0. The van der Waals surface area contributed by atoms with E-state index in [0.29, 0.717) is 11.8 Å². The number of amides is 1. The number of carbonyl (C=O) groups excluding carboxylic acids is 1. The molecule has 2 fully saturated rings. The van der Waals surface area contributed by atoms with Crippen molar-refractivity contribution >= 4 is 17.2 Å². The third-order valence-electron chi connectivity index (χ3n) is 5.27. The molecule has 2 saturated heterocycles. The van der Waals surface area contributed by atoms with Crippen LogP contribution in [0.2, 0.25) is 0 Å². The number of thiophene rings is 1. The van der Waals surface area contributed by atoms with E-state index in [1.54, 1.807) is 17.6 Å². The summed E-state index contributed by atoms with van der Waals surface area (Å²) in [5.74, 6) is 1.31. The van der Waals surface area contributed by atoms with Crippen molar-refractivity contribution in [2.75, 3.05) is 26.2 Å². The van der Waals surface area contributed by atoms with Crippen LogP contribution in [0.3, 0.4) is 0 Å².